The number of carbonyl (C=O) groups excluding carboxylic acids is 2. The molecule has 1 fully saturated rings. The summed E-state index contributed by atoms with van der Waals surface area (Å²) in [5, 5.41) is 0. The second-order valence-corrected chi connectivity index (χ2v) is 8.67. The highest BCUT2D eigenvalue weighted by molar-refractivity contribution is 5.94. The Bertz CT molecular complexity index is 1260. The molecule has 0 saturated carbocycles. The zero-order chi connectivity index (χ0) is 25.1. The molecule has 0 radical (unpaired) electrons. The lowest BCUT2D eigenvalue weighted by Crippen LogP contribution is -2.34. The molecule has 1 aliphatic heterocycles. The number of anilines is 1. The fraction of sp³-hybridized carbons (Fsp3) is 0.308. The topological polar surface area (TPSA) is 98.4 Å². The van der Waals surface area contributed by atoms with Crippen molar-refractivity contribution in [1.82, 2.24) is 9.97 Å². The third-order valence-corrected chi connectivity index (χ3v) is 6.12. The lowest BCUT2D eigenvalue weighted by molar-refractivity contribution is -0.132. The molecule has 2 heterocycles. The van der Waals surface area contributed by atoms with Crippen molar-refractivity contribution in [3.05, 3.63) is 71.3 Å². The van der Waals surface area contributed by atoms with Crippen LogP contribution in [0.15, 0.2) is 42.5 Å². The van der Waals surface area contributed by atoms with Crippen LogP contribution in [0, 0.1) is 24.5 Å². The Morgan fingerprint density at radius 3 is 2.37 bits per heavy atom. The summed E-state index contributed by atoms with van der Waals surface area (Å²) in [6.07, 6.45) is 2.38. The molecule has 35 heavy (non-hydrogen) atoms. The van der Waals surface area contributed by atoms with Gasteiger partial charge in [0, 0.05) is 43.8 Å². The number of carbonyl (C=O) groups is 2. The molecule has 2 N–H and O–H groups in total. The molecule has 2 aromatic carbocycles. The van der Waals surface area contributed by atoms with Gasteiger partial charge < -0.3 is 15.4 Å². The highest BCUT2D eigenvalue weighted by atomic mass is 19.1. The first-order valence-electron chi connectivity index (χ1n) is 11.4. The summed E-state index contributed by atoms with van der Waals surface area (Å²) in [6, 6.07) is 11.1. The maximum absolute atomic E-state index is 14.1. The molecule has 0 atom stereocenters. The van der Waals surface area contributed by atoms with Gasteiger partial charge in [-0.15, -0.1) is 0 Å². The Hall–Kier alpha value is -3.88. The van der Waals surface area contributed by atoms with E-state index < -0.39 is 23.5 Å². The average molecular weight is 481 g/mol. The highest BCUT2D eigenvalue weighted by Gasteiger charge is 2.24. The van der Waals surface area contributed by atoms with E-state index >= 15 is 0 Å². The predicted molar refractivity (Wildman–Crippen MR) is 127 cm³/mol. The van der Waals surface area contributed by atoms with Gasteiger partial charge in [-0.05, 0) is 55.5 Å². The van der Waals surface area contributed by atoms with Crippen molar-refractivity contribution in [2.75, 3.05) is 18.0 Å². The van der Waals surface area contributed by atoms with E-state index in [0.717, 1.165) is 37.7 Å². The normalized spacial score (nSPS) is 14.1. The number of primary amides is 1. The third kappa shape index (κ3) is 5.62. The smallest absolute Gasteiger partial charge is 0.308 e. The van der Waals surface area contributed by atoms with E-state index in [1.54, 1.807) is 6.92 Å². The summed E-state index contributed by atoms with van der Waals surface area (Å²) >= 11 is 0. The number of hydrogen-bond donors (Lipinski definition) is 1. The summed E-state index contributed by atoms with van der Waals surface area (Å²) < 4.78 is 32.3. The van der Waals surface area contributed by atoms with E-state index in [9.17, 15) is 18.4 Å². The van der Waals surface area contributed by atoms with Crippen molar-refractivity contribution in [3.8, 4) is 16.9 Å². The number of amides is 1. The molecule has 9 heteroatoms. The molecule has 1 amide bonds. The first-order valence-corrected chi connectivity index (χ1v) is 11.4. The average Bonchev–Trinajstić information content (AvgIpc) is 2.81. The van der Waals surface area contributed by atoms with Crippen LogP contribution in [-0.4, -0.2) is 34.9 Å². The van der Waals surface area contributed by atoms with E-state index in [0.29, 0.717) is 35.0 Å². The van der Waals surface area contributed by atoms with Crippen LogP contribution < -0.4 is 15.4 Å². The quantitative estimate of drug-likeness (QED) is 0.531. The van der Waals surface area contributed by atoms with Gasteiger partial charge >= 0.3 is 5.97 Å². The second-order valence-electron chi connectivity index (χ2n) is 8.67. The van der Waals surface area contributed by atoms with Crippen LogP contribution in [0.5, 0.6) is 5.75 Å². The summed E-state index contributed by atoms with van der Waals surface area (Å²) in [5.74, 6) is -1.71. The maximum Gasteiger partial charge on any atom is 0.308 e. The molecular weight excluding hydrogens is 454 g/mol. The number of benzene rings is 2. The van der Waals surface area contributed by atoms with E-state index in [1.807, 2.05) is 24.3 Å². The van der Waals surface area contributed by atoms with Crippen molar-refractivity contribution < 1.29 is 23.1 Å². The summed E-state index contributed by atoms with van der Waals surface area (Å²) in [4.78, 5) is 34.1. The number of hydrogen-bond acceptors (Lipinski definition) is 6. The van der Waals surface area contributed by atoms with Gasteiger partial charge in [0.2, 0.25) is 0 Å². The van der Waals surface area contributed by atoms with Gasteiger partial charge in [0.05, 0.1) is 5.69 Å². The largest absolute Gasteiger partial charge is 0.422 e. The Balaban J connectivity index is 1.40. The lowest BCUT2D eigenvalue weighted by Gasteiger charge is -2.33. The monoisotopic (exact) mass is 480 g/mol. The van der Waals surface area contributed by atoms with Crippen molar-refractivity contribution in [2.24, 2.45) is 11.7 Å². The van der Waals surface area contributed by atoms with E-state index in [2.05, 4.69) is 14.9 Å². The number of nitrogens with zero attached hydrogens (tertiary/aromatic N) is 3. The first-order chi connectivity index (χ1) is 16.7. The van der Waals surface area contributed by atoms with Crippen LogP contribution in [0.4, 0.5) is 14.5 Å². The Morgan fingerprint density at radius 2 is 1.77 bits per heavy atom. The SMILES string of the molecule is CC(=O)Oc1c(C)nc(CC2CCN(c3ccc(-c4ccc(F)cc4F)cc3)CC2)nc1C(N)=O. The van der Waals surface area contributed by atoms with E-state index in [4.69, 9.17) is 10.5 Å². The van der Waals surface area contributed by atoms with Gasteiger partial charge in [0.25, 0.3) is 5.91 Å². The van der Waals surface area contributed by atoms with Gasteiger partial charge in [-0.2, -0.15) is 0 Å². The Morgan fingerprint density at radius 1 is 1.09 bits per heavy atom. The minimum Gasteiger partial charge on any atom is -0.422 e. The minimum atomic E-state index is -0.771. The highest BCUT2D eigenvalue weighted by Crippen LogP contribution is 2.30. The molecule has 182 valence electrons. The summed E-state index contributed by atoms with van der Waals surface area (Å²) in [5.41, 5.74) is 7.84. The van der Waals surface area contributed by atoms with Crippen LogP contribution in [0.1, 0.15) is 41.8 Å². The number of nitrogens with two attached hydrogens (primary N) is 1. The zero-order valence-corrected chi connectivity index (χ0v) is 19.6. The molecular formula is C26H26F2N4O3. The molecule has 1 aromatic heterocycles. The van der Waals surface area contributed by atoms with Crippen molar-refractivity contribution in [2.45, 2.75) is 33.1 Å². The van der Waals surface area contributed by atoms with E-state index in [-0.39, 0.29) is 11.4 Å². The predicted octanol–water partition coefficient (Wildman–Crippen LogP) is 4.21. The van der Waals surface area contributed by atoms with Crippen molar-refractivity contribution in [3.63, 3.8) is 0 Å². The molecule has 4 rings (SSSR count). The number of piperidine rings is 1. The number of rotatable bonds is 6. The molecule has 0 aliphatic carbocycles. The molecule has 0 unspecified atom stereocenters. The minimum absolute atomic E-state index is 0.00698. The fourth-order valence-corrected chi connectivity index (χ4v) is 4.37. The molecule has 0 spiro atoms. The number of aryl methyl sites for hydroxylation is 1. The van der Waals surface area contributed by atoms with Crippen LogP contribution in [0.3, 0.4) is 0 Å². The Kier molecular flexibility index (Phi) is 7.04. The maximum atomic E-state index is 14.1. The van der Waals surface area contributed by atoms with Crippen LogP contribution in [-0.2, 0) is 11.2 Å². The second kappa shape index (κ2) is 10.2. The zero-order valence-electron chi connectivity index (χ0n) is 19.6. The van der Waals surface area contributed by atoms with E-state index in [1.165, 1.54) is 19.1 Å². The van der Waals surface area contributed by atoms with Gasteiger partial charge in [0.1, 0.15) is 17.5 Å². The molecule has 1 saturated heterocycles. The molecule has 0 bridgehead atoms. The van der Waals surface area contributed by atoms with Gasteiger partial charge in [-0.25, -0.2) is 18.7 Å². The molecule has 1 aliphatic rings. The lowest BCUT2D eigenvalue weighted by atomic mass is 9.92. The first kappa shape index (κ1) is 24.3. The number of ether oxygens (including phenoxy) is 1. The summed E-state index contributed by atoms with van der Waals surface area (Å²) in [7, 11) is 0. The van der Waals surface area contributed by atoms with Crippen LogP contribution >= 0.6 is 0 Å². The number of halogens is 2. The summed E-state index contributed by atoms with van der Waals surface area (Å²) in [6.45, 7) is 4.53. The van der Waals surface area contributed by atoms with Crippen molar-refractivity contribution in [1.29, 1.82) is 0 Å². The Labute approximate surface area is 201 Å². The van der Waals surface area contributed by atoms with Gasteiger partial charge in [-0.1, -0.05) is 12.1 Å². The number of aromatic nitrogens is 2. The van der Waals surface area contributed by atoms with Crippen LogP contribution in [0.25, 0.3) is 11.1 Å². The molecule has 3 aromatic rings. The molecule has 7 nitrogen and oxygen atoms in total. The van der Waals surface area contributed by atoms with Crippen LogP contribution in [0.2, 0.25) is 0 Å². The number of esters is 1. The standard InChI is InChI=1S/C26H26F2N4O3/c1-15-25(35-16(2)33)24(26(29)34)31-23(30-15)13-17-9-11-32(12-10-17)20-6-3-18(4-7-20)21-8-5-19(27)14-22(21)28/h3-8,14,17H,9-13H2,1-2H3,(H2,29,34). The van der Waals surface area contributed by atoms with Gasteiger partial charge in [-0.3, -0.25) is 9.59 Å². The fourth-order valence-electron chi connectivity index (χ4n) is 4.37. The van der Waals surface area contributed by atoms with Gasteiger partial charge in [0.15, 0.2) is 11.4 Å². The third-order valence-electron chi connectivity index (χ3n) is 6.12. The van der Waals surface area contributed by atoms with Crippen molar-refractivity contribution >= 4 is 17.6 Å².